The Labute approximate surface area is 159 Å². The molecule has 0 saturated carbocycles. The van der Waals surface area contributed by atoms with Gasteiger partial charge in [-0.1, -0.05) is 24.3 Å². The first-order chi connectivity index (χ1) is 12.6. The molecular weight excluding hydrogens is 377 g/mol. The second-order valence-corrected chi connectivity index (χ2v) is 7.11. The first-order valence-electron chi connectivity index (χ1n) is 8.05. The fraction of sp³-hybridized carbons (Fsp3) is 0.263. The Balaban J connectivity index is 2.10. The molecule has 0 fully saturated rings. The number of aryl methyl sites for hydroxylation is 1. The summed E-state index contributed by atoms with van der Waals surface area (Å²) < 4.78 is 38.0. The maximum Gasteiger partial charge on any atom is 0.446 e. The standard InChI is InChI=1S/C19H19F3N2O2S/c1-12-7-6-9-15(13(12)2)23-17(25)11-24(3)18(26)14-8-4-5-10-16(14)27-19(20,21)22/h4-10H,11H2,1-3H3,(H,23,25). The van der Waals surface area contributed by atoms with Crippen molar-refractivity contribution in [1.29, 1.82) is 0 Å². The summed E-state index contributed by atoms with van der Waals surface area (Å²) in [6.45, 7) is 3.50. The van der Waals surface area contributed by atoms with Crippen LogP contribution in [0.2, 0.25) is 0 Å². The van der Waals surface area contributed by atoms with Gasteiger partial charge in [0.15, 0.2) is 0 Å². The summed E-state index contributed by atoms with van der Waals surface area (Å²) in [6.07, 6.45) is 0. The van der Waals surface area contributed by atoms with Gasteiger partial charge >= 0.3 is 5.51 Å². The molecular formula is C19H19F3N2O2S. The van der Waals surface area contributed by atoms with Crippen LogP contribution in [0.1, 0.15) is 21.5 Å². The molecule has 2 rings (SSSR count). The Morgan fingerprint density at radius 2 is 1.74 bits per heavy atom. The van der Waals surface area contributed by atoms with Gasteiger partial charge in [-0.25, -0.2) is 0 Å². The van der Waals surface area contributed by atoms with Crippen LogP contribution in [0.25, 0.3) is 0 Å². The van der Waals surface area contributed by atoms with Gasteiger partial charge in [0.05, 0.1) is 12.1 Å². The van der Waals surface area contributed by atoms with Crippen molar-refractivity contribution in [2.24, 2.45) is 0 Å². The molecule has 2 aromatic rings. The lowest BCUT2D eigenvalue weighted by molar-refractivity contribution is -0.116. The molecule has 2 amide bonds. The van der Waals surface area contributed by atoms with E-state index in [0.717, 1.165) is 16.0 Å². The monoisotopic (exact) mass is 396 g/mol. The number of hydrogen-bond donors (Lipinski definition) is 1. The molecule has 0 aliphatic heterocycles. The lowest BCUT2D eigenvalue weighted by Gasteiger charge is -2.19. The number of thioether (sulfide) groups is 1. The fourth-order valence-corrected chi connectivity index (χ4v) is 3.09. The van der Waals surface area contributed by atoms with E-state index in [0.29, 0.717) is 5.69 Å². The highest BCUT2D eigenvalue weighted by molar-refractivity contribution is 8.00. The molecule has 1 N–H and O–H groups in total. The summed E-state index contributed by atoms with van der Waals surface area (Å²) in [6, 6.07) is 10.9. The third-order valence-electron chi connectivity index (χ3n) is 3.95. The Hall–Kier alpha value is -2.48. The second-order valence-electron chi connectivity index (χ2n) is 6.00. The number of hydrogen-bond acceptors (Lipinski definition) is 3. The van der Waals surface area contributed by atoms with Crippen LogP contribution >= 0.6 is 11.8 Å². The maximum absolute atomic E-state index is 12.7. The molecule has 0 heterocycles. The van der Waals surface area contributed by atoms with Crippen molar-refractivity contribution in [3.05, 3.63) is 59.2 Å². The van der Waals surface area contributed by atoms with Gasteiger partial charge in [0.25, 0.3) is 5.91 Å². The molecule has 0 radical (unpaired) electrons. The molecule has 0 aliphatic carbocycles. The minimum absolute atomic E-state index is 0.0955. The molecule has 27 heavy (non-hydrogen) atoms. The Kier molecular flexibility index (Phi) is 6.54. The van der Waals surface area contributed by atoms with Crippen molar-refractivity contribution in [1.82, 2.24) is 4.90 Å². The summed E-state index contributed by atoms with van der Waals surface area (Å²) in [5.74, 6) is -1.08. The minimum Gasteiger partial charge on any atom is -0.332 e. The number of likely N-dealkylation sites (N-methyl/N-ethyl adjacent to an activating group) is 1. The minimum atomic E-state index is -4.50. The molecule has 0 unspecified atom stereocenters. The molecule has 0 saturated heterocycles. The van der Waals surface area contributed by atoms with Crippen LogP contribution in [0.15, 0.2) is 47.4 Å². The van der Waals surface area contributed by atoms with E-state index < -0.39 is 17.3 Å². The van der Waals surface area contributed by atoms with Gasteiger partial charge in [0, 0.05) is 17.6 Å². The number of benzene rings is 2. The Morgan fingerprint density at radius 3 is 2.41 bits per heavy atom. The molecule has 0 aromatic heterocycles. The number of nitrogens with zero attached hydrogens (tertiary/aromatic N) is 1. The van der Waals surface area contributed by atoms with Gasteiger partial charge in [0.2, 0.25) is 5.91 Å². The van der Waals surface area contributed by atoms with E-state index in [2.05, 4.69) is 5.32 Å². The number of halogens is 3. The second kappa shape index (κ2) is 8.47. The lowest BCUT2D eigenvalue weighted by Crippen LogP contribution is -2.35. The van der Waals surface area contributed by atoms with E-state index >= 15 is 0 Å². The van der Waals surface area contributed by atoms with E-state index in [4.69, 9.17) is 0 Å². The van der Waals surface area contributed by atoms with Gasteiger partial charge in [-0.3, -0.25) is 9.59 Å². The lowest BCUT2D eigenvalue weighted by atomic mass is 10.1. The Bertz CT molecular complexity index is 853. The van der Waals surface area contributed by atoms with Crippen molar-refractivity contribution in [2.75, 3.05) is 18.9 Å². The predicted molar refractivity (Wildman–Crippen MR) is 99.9 cm³/mol. The highest BCUT2D eigenvalue weighted by atomic mass is 32.2. The van der Waals surface area contributed by atoms with Gasteiger partial charge in [-0.05, 0) is 54.9 Å². The van der Waals surface area contributed by atoms with Crippen molar-refractivity contribution in [3.63, 3.8) is 0 Å². The van der Waals surface area contributed by atoms with Crippen LogP contribution in [0.3, 0.4) is 0 Å². The summed E-state index contributed by atoms with van der Waals surface area (Å²) >= 11 is -0.350. The van der Waals surface area contributed by atoms with Crippen molar-refractivity contribution >= 4 is 29.3 Å². The number of carbonyl (C=O) groups excluding carboxylic acids is 2. The Morgan fingerprint density at radius 1 is 1.07 bits per heavy atom. The van der Waals surface area contributed by atoms with Crippen molar-refractivity contribution < 1.29 is 22.8 Å². The van der Waals surface area contributed by atoms with Crippen LogP contribution in [0, 0.1) is 13.8 Å². The number of alkyl halides is 3. The SMILES string of the molecule is Cc1cccc(NC(=O)CN(C)C(=O)c2ccccc2SC(F)(F)F)c1C. The molecule has 0 aliphatic rings. The molecule has 144 valence electrons. The van der Waals surface area contributed by atoms with Crippen LogP contribution < -0.4 is 5.32 Å². The third kappa shape index (κ3) is 5.75. The van der Waals surface area contributed by atoms with E-state index in [-0.39, 0.29) is 28.8 Å². The zero-order chi connectivity index (χ0) is 20.2. The highest BCUT2D eigenvalue weighted by Crippen LogP contribution is 2.38. The predicted octanol–water partition coefficient (Wildman–Crippen LogP) is 4.63. The maximum atomic E-state index is 12.7. The molecule has 0 atom stereocenters. The van der Waals surface area contributed by atoms with Crippen molar-refractivity contribution in [3.8, 4) is 0 Å². The van der Waals surface area contributed by atoms with E-state index in [9.17, 15) is 22.8 Å². The number of nitrogens with one attached hydrogen (secondary N) is 1. The average molecular weight is 396 g/mol. The van der Waals surface area contributed by atoms with Gasteiger partial charge in [0.1, 0.15) is 0 Å². The van der Waals surface area contributed by atoms with Gasteiger partial charge in [-0.2, -0.15) is 13.2 Å². The summed E-state index contributed by atoms with van der Waals surface area (Å²) in [5.41, 5.74) is -2.05. The molecule has 8 heteroatoms. The number of amides is 2. The average Bonchev–Trinajstić information content (AvgIpc) is 2.57. The summed E-state index contributed by atoms with van der Waals surface area (Å²) in [7, 11) is 1.38. The number of carbonyl (C=O) groups is 2. The van der Waals surface area contributed by atoms with Crippen LogP contribution in [0.5, 0.6) is 0 Å². The van der Waals surface area contributed by atoms with E-state index in [1.807, 2.05) is 19.9 Å². The van der Waals surface area contributed by atoms with Crippen LogP contribution in [-0.2, 0) is 4.79 Å². The van der Waals surface area contributed by atoms with Crippen molar-refractivity contribution in [2.45, 2.75) is 24.3 Å². The summed E-state index contributed by atoms with van der Waals surface area (Å²) in [5, 5.41) is 2.72. The highest BCUT2D eigenvalue weighted by Gasteiger charge is 2.31. The normalized spacial score (nSPS) is 11.2. The quantitative estimate of drug-likeness (QED) is 0.750. The molecule has 4 nitrogen and oxygen atoms in total. The largest absolute Gasteiger partial charge is 0.446 e. The first kappa shape index (κ1) is 20.8. The molecule has 0 bridgehead atoms. The van der Waals surface area contributed by atoms with Crippen LogP contribution in [-0.4, -0.2) is 35.8 Å². The van der Waals surface area contributed by atoms with E-state index in [1.165, 1.54) is 31.3 Å². The summed E-state index contributed by atoms with van der Waals surface area (Å²) in [4.78, 5) is 25.7. The molecule has 2 aromatic carbocycles. The van der Waals surface area contributed by atoms with Gasteiger partial charge in [-0.15, -0.1) is 0 Å². The fourth-order valence-electron chi connectivity index (χ4n) is 2.43. The zero-order valence-corrected chi connectivity index (χ0v) is 15.9. The third-order valence-corrected chi connectivity index (χ3v) is 4.76. The number of rotatable bonds is 5. The smallest absolute Gasteiger partial charge is 0.332 e. The zero-order valence-electron chi connectivity index (χ0n) is 15.1. The first-order valence-corrected chi connectivity index (χ1v) is 8.86. The van der Waals surface area contributed by atoms with E-state index in [1.54, 1.807) is 12.1 Å². The topological polar surface area (TPSA) is 49.4 Å². The van der Waals surface area contributed by atoms with Gasteiger partial charge < -0.3 is 10.2 Å². The number of anilines is 1. The van der Waals surface area contributed by atoms with Crippen LogP contribution in [0.4, 0.5) is 18.9 Å². The molecule has 0 spiro atoms.